The van der Waals surface area contributed by atoms with E-state index in [4.69, 9.17) is 4.74 Å². The Labute approximate surface area is 151 Å². The van der Waals surface area contributed by atoms with E-state index in [9.17, 15) is 4.79 Å². The first-order chi connectivity index (χ1) is 12.5. The molecule has 7 heteroatoms. The minimum Gasteiger partial charge on any atom is -0.380 e. The van der Waals surface area contributed by atoms with E-state index >= 15 is 0 Å². The van der Waals surface area contributed by atoms with Crippen LogP contribution in [0.1, 0.15) is 35.2 Å². The molecule has 7 nitrogen and oxygen atoms in total. The number of methoxy groups -OCH3 is 1. The number of hydrogen-bond donors (Lipinski definition) is 2. The van der Waals surface area contributed by atoms with Gasteiger partial charge < -0.3 is 14.6 Å². The summed E-state index contributed by atoms with van der Waals surface area (Å²) in [7, 11) is 1.69. The maximum atomic E-state index is 13.0. The van der Waals surface area contributed by atoms with Crippen LogP contribution in [0.2, 0.25) is 0 Å². The summed E-state index contributed by atoms with van der Waals surface area (Å²) in [6, 6.07) is 5.88. The Kier molecular flexibility index (Phi) is 4.24. The van der Waals surface area contributed by atoms with Crippen molar-refractivity contribution in [1.82, 2.24) is 25.1 Å². The van der Waals surface area contributed by atoms with Crippen molar-refractivity contribution in [2.24, 2.45) is 0 Å². The first kappa shape index (κ1) is 16.8. The molecule has 1 saturated heterocycles. The van der Waals surface area contributed by atoms with Gasteiger partial charge in [0.15, 0.2) is 0 Å². The van der Waals surface area contributed by atoms with Gasteiger partial charge in [-0.25, -0.2) is 4.98 Å². The summed E-state index contributed by atoms with van der Waals surface area (Å²) in [5, 5.41) is 8.03. The summed E-state index contributed by atoms with van der Waals surface area (Å²) in [6.45, 7) is 4.56. The van der Waals surface area contributed by atoms with Crippen molar-refractivity contribution in [2.75, 3.05) is 13.7 Å². The first-order valence-corrected chi connectivity index (χ1v) is 8.82. The second kappa shape index (κ2) is 6.57. The Morgan fingerprint density at radius 1 is 1.38 bits per heavy atom. The van der Waals surface area contributed by atoms with E-state index in [0.29, 0.717) is 13.0 Å². The normalized spacial score (nSPS) is 20.2. The maximum Gasteiger partial charge on any atom is 0.227 e. The van der Waals surface area contributed by atoms with Gasteiger partial charge in [-0.2, -0.15) is 5.10 Å². The van der Waals surface area contributed by atoms with Gasteiger partial charge in [0, 0.05) is 31.2 Å². The molecule has 136 valence electrons. The van der Waals surface area contributed by atoms with Crippen LogP contribution in [0.5, 0.6) is 0 Å². The number of nitrogens with one attached hydrogen (secondary N) is 2. The van der Waals surface area contributed by atoms with E-state index < -0.39 is 0 Å². The van der Waals surface area contributed by atoms with Crippen LogP contribution in [0.15, 0.2) is 24.4 Å². The van der Waals surface area contributed by atoms with Crippen molar-refractivity contribution < 1.29 is 9.53 Å². The van der Waals surface area contributed by atoms with Crippen molar-refractivity contribution in [3.63, 3.8) is 0 Å². The monoisotopic (exact) mass is 353 g/mol. The molecule has 2 aromatic heterocycles. The Morgan fingerprint density at radius 2 is 2.23 bits per heavy atom. The number of benzene rings is 1. The highest BCUT2D eigenvalue weighted by atomic mass is 16.5. The second-order valence-electron chi connectivity index (χ2n) is 6.96. The van der Waals surface area contributed by atoms with Crippen molar-refractivity contribution in [3.05, 3.63) is 47.2 Å². The largest absolute Gasteiger partial charge is 0.380 e. The van der Waals surface area contributed by atoms with Gasteiger partial charge >= 0.3 is 0 Å². The highest BCUT2D eigenvalue weighted by molar-refractivity contribution is 5.83. The van der Waals surface area contributed by atoms with Crippen molar-refractivity contribution in [1.29, 1.82) is 0 Å². The highest BCUT2D eigenvalue weighted by Gasteiger charge is 2.38. The average molecular weight is 353 g/mol. The first-order valence-electron chi connectivity index (χ1n) is 8.82. The third kappa shape index (κ3) is 2.99. The highest BCUT2D eigenvalue weighted by Crippen LogP contribution is 2.33. The summed E-state index contributed by atoms with van der Waals surface area (Å²) >= 11 is 0. The van der Waals surface area contributed by atoms with Gasteiger partial charge in [-0.1, -0.05) is 12.1 Å². The third-order valence-corrected chi connectivity index (χ3v) is 5.24. The fraction of sp³-hybridized carbons (Fsp3) is 0.421. The molecule has 0 radical (unpaired) electrons. The zero-order chi connectivity index (χ0) is 18.3. The topological polar surface area (TPSA) is 86.9 Å². The van der Waals surface area contributed by atoms with E-state index in [0.717, 1.165) is 40.1 Å². The number of fused-ring (bicyclic) bond motifs is 1. The molecular formula is C19H23N5O2. The molecule has 1 aliphatic rings. The number of hydrogen-bond acceptors (Lipinski definition) is 4. The van der Waals surface area contributed by atoms with Crippen LogP contribution < -0.4 is 0 Å². The summed E-state index contributed by atoms with van der Waals surface area (Å²) in [5.41, 5.74) is 3.93. The predicted molar refractivity (Wildman–Crippen MR) is 97.7 cm³/mol. The molecule has 3 heterocycles. The number of aromatic amines is 2. The van der Waals surface area contributed by atoms with Gasteiger partial charge in [-0.3, -0.25) is 9.89 Å². The molecule has 2 atom stereocenters. The Balaban J connectivity index is 1.57. The molecule has 0 spiro atoms. The van der Waals surface area contributed by atoms with Gasteiger partial charge in [0.25, 0.3) is 0 Å². The summed E-state index contributed by atoms with van der Waals surface area (Å²) in [6.07, 6.45) is 2.92. The third-order valence-electron chi connectivity index (χ3n) is 5.24. The second-order valence-corrected chi connectivity index (χ2v) is 6.96. The van der Waals surface area contributed by atoms with Gasteiger partial charge in [-0.15, -0.1) is 0 Å². The van der Waals surface area contributed by atoms with Crippen LogP contribution in [0, 0.1) is 13.8 Å². The van der Waals surface area contributed by atoms with E-state index in [2.05, 4.69) is 20.2 Å². The molecule has 0 aliphatic carbocycles. The molecule has 0 saturated carbocycles. The standard InChI is InChI=1S/C19H23N5O2/c1-11-12(2)22-19(21-11)17-8-15(26-3)10-24(17)18(25)7-13-4-5-14-9-20-23-16(14)6-13/h4-6,9,15,17H,7-8,10H2,1-3H3,(H,20,23)(H,21,22)/t15-,17+/m1/s1. The number of aromatic nitrogens is 4. The van der Waals surface area contributed by atoms with Crippen LogP contribution in [0.25, 0.3) is 10.9 Å². The fourth-order valence-corrected chi connectivity index (χ4v) is 3.61. The van der Waals surface area contributed by atoms with Gasteiger partial charge in [0.05, 0.1) is 36.0 Å². The van der Waals surface area contributed by atoms with Gasteiger partial charge in [0.1, 0.15) is 5.82 Å². The SMILES string of the molecule is CO[C@@H]1C[C@@H](c2nc(C)c(C)[nH]2)N(C(=O)Cc2ccc3cn[nH]c3c2)C1. The Hall–Kier alpha value is -2.67. The molecule has 1 fully saturated rings. The molecule has 26 heavy (non-hydrogen) atoms. The van der Waals surface area contributed by atoms with Crippen molar-refractivity contribution in [3.8, 4) is 0 Å². The van der Waals surface area contributed by atoms with E-state index in [-0.39, 0.29) is 18.1 Å². The molecule has 2 N–H and O–H groups in total. The molecule has 4 rings (SSSR count). The van der Waals surface area contributed by atoms with Crippen LogP contribution in [0.3, 0.4) is 0 Å². The zero-order valence-corrected chi connectivity index (χ0v) is 15.2. The van der Waals surface area contributed by atoms with Crippen molar-refractivity contribution in [2.45, 2.75) is 38.8 Å². The minimum atomic E-state index is -0.0734. The number of rotatable bonds is 4. The fourth-order valence-electron chi connectivity index (χ4n) is 3.61. The minimum absolute atomic E-state index is 0.0322. The number of imidazole rings is 1. The summed E-state index contributed by atoms with van der Waals surface area (Å²) < 4.78 is 5.53. The number of carbonyl (C=O) groups excluding carboxylic acids is 1. The summed E-state index contributed by atoms with van der Waals surface area (Å²) in [4.78, 5) is 22.9. The van der Waals surface area contributed by atoms with E-state index in [1.54, 1.807) is 13.3 Å². The van der Waals surface area contributed by atoms with Crippen LogP contribution in [-0.4, -0.2) is 50.7 Å². The average Bonchev–Trinajstić information content (AvgIpc) is 3.33. The number of carbonyl (C=O) groups is 1. The summed E-state index contributed by atoms with van der Waals surface area (Å²) in [5.74, 6) is 0.928. The number of ether oxygens (including phenoxy) is 1. The van der Waals surface area contributed by atoms with E-state index in [1.807, 2.05) is 36.9 Å². The van der Waals surface area contributed by atoms with E-state index in [1.165, 1.54) is 0 Å². The lowest BCUT2D eigenvalue weighted by Crippen LogP contribution is -2.33. The molecular weight excluding hydrogens is 330 g/mol. The lowest BCUT2D eigenvalue weighted by atomic mass is 10.1. The molecule has 0 bridgehead atoms. The molecule has 1 aliphatic heterocycles. The molecule has 3 aromatic rings. The van der Waals surface area contributed by atoms with Crippen LogP contribution >= 0.6 is 0 Å². The Morgan fingerprint density at radius 3 is 2.96 bits per heavy atom. The number of nitrogens with zero attached hydrogens (tertiary/aromatic N) is 3. The van der Waals surface area contributed by atoms with Crippen molar-refractivity contribution >= 4 is 16.8 Å². The van der Waals surface area contributed by atoms with Gasteiger partial charge in [0.2, 0.25) is 5.91 Å². The maximum absolute atomic E-state index is 13.0. The predicted octanol–water partition coefficient (Wildman–Crippen LogP) is 2.43. The number of amides is 1. The Bertz CT molecular complexity index is 925. The zero-order valence-electron chi connectivity index (χ0n) is 15.2. The number of aryl methyl sites for hydroxylation is 2. The smallest absolute Gasteiger partial charge is 0.227 e. The quantitative estimate of drug-likeness (QED) is 0.754. The lowest BCUT2D eigenvalue weighted by molar-refractivity contribution is -0.131. The number of H-pyrrole nitrogens is 2. The molecule has 1 amide bonds. The van der Waals surface area contributed by atoms with Crippen LogP contribution in [-0.2, 0) is 16.0 Å². The van der Waals surface area contributed by atoms with Crippen LogP contribution in [0.4, 0.5) is 0 Å². The lowest BCUT2D eigenvalue weighted by Gasteiger charge is -2.23. The number of likely N-dealkylation sites (tertiary alicyclic amines) is 1. The molecule has 1 aromatic carbocycles. The van der Waals surface area contributed by atoms with Gasteiger partial charge in [-0.05, 0) is 25.5 Å². The molecule has 0 unspecified atom stereocenters.